The molecule has 0 radical (unpaired) electrons. The maximum atomic E-state index is 12.7. The molecule has 3 N–H and O–H groups in total. The van der Waals surface area contributed by atoms with Gasteiger partial charge in [0.25, 0.3) is 0 Å². The van der Waals surface area contributed by atoms with Gasteiger partial charge in [0.2, 0.25) is 0 Å². The zero-order valence-corrected chi connectivity index (χ0v) is 42.2. The average molecular weight is 915 g/mol. The molecule has 0 spiro atoms. The van der Waals surface area contributed by atoms with Gasteiger partial charge in [-0.2, -0.15) is 0 Å². The Morgan fingerprint density at radius 1 is 0.476 bits per heavy atom. The molecule has 10 heteroatoms. The highest BCUT2D eigenvalue weighted by atomic mass is 31.2. The topological polar surface area (TPSA) is 132 Å². The molecule has 9 nitrogen and oxygen atoms in total. The molecule has 0 saturated heterocycles. The second kappa shape index (κ2) is 50.4. The molecule has 0 saturated carbocycles. The van der Waals surface area contributed by atoms with Gasteiger partial charge in [0.15, 0.2) is 0 Å². The molecule has 0 aromatic rings. The van der Waals surface area contributed by atoms with Crippen LogP contribution in [0.15, 0.2) is 24.3 Å². The summed E-state index contributed by atoms with van der Waals surface area (Å²) in [5, 5.41) is 18.4. The van der Waals surface area contributed by atoms with Crippen LogP contribution in [0.4, 0.5) is 0 Å². The van der Waals surface area contributed by atoms with E-state index in [1.165, 1.54) is 205 Å². The number of phosphoric acid groups is 1. The Kier molecular flexibility index (Phi) is 49.5. The van der Waals surface area contributed by atoms with Gasteiger partial charge in [-0.3, -0.25) is 13.8 Å². The fourth-order valence-corrected chi connectivity index (χ4v) is 8.55. The summed E-state index contributed by atoms with van der Waals surface area (Å²) in [4.78, 5) is 22.7. The van der Waals surface area contributed by atoms with Gasteiger partial charge in [0.05, 0.1) is 26.4 Å². The number of hydrogen-bond donors (Lipinski definition) is 3. The fraction of sp³-hybridized carbons (Fsp3) is 0.906. The lowest BCUT2D eigenvalue weighted by atomic mass is 10.0. The minimum Gasteiger partial charge on any atom is -0.457 e. The third kappa shape index (κ3) is 50.2. The summed E-state index contributed by atoms with van der Waals surface area (Å²) >= 11 is 0. The Bertz CT molecular complexity index is 1040. The molecule has 3 unspecified atom stereocenters. The predicted octanol–water partition coefficient (Wildman–Crippen LogP) is 15.8. The number of phosphoric ester groups is 1. The molecule has 0 heterocycles. The Morgan fingerprint density at radius 3 is 1.19 bits per heavy atom. The van der Waals surface area contributed by atoms with Crippen molar-refractivity contribution in [2.45, 2.75) is 276 Å². The van der Waals surface area contributed by atoms with Crippen molar-refractivity contribution in [1.82, 2.24) is 0 Å². The highest BCUT2D eigenvalue weighted by Crippen LogP contribution is 2.43. The Balaban J connectivity index is 4.03. The van der Waals surface area contributed by atoms with Crippen LogP contribution in [0.5, 0.6) is 0 Å². The number of rotatable bonds is 52. The SMILES string of the molecule is CCCCCCCCC/C=C\CCCCCCCCCCOCC(COP(=O)(O)OCC(O)CO)OC(=O)CCCCCCCCCCCCC/C=C\CCCCCCCCCC. The van der Waals surface area contributed by atoms with E-state index in [0.717, 1.165) is 38.5 Å². The van der Waals surface area contributed by atoms with E-state index in [0.29, 0.717) is 6.61 Å². The summed E-state index contributed by atoms with van der Waals surface area (Å²) in [5.74, 6) is -0.380. The molecule has 0 amide bonds. The average Bonchev–Trinajstić information content (AvgIpc) is 3.28. The molecule has 0 rings (SSSR count). The van der Waals surface area contributed by atoms with Gasteiger partial charge in [0, 0.05) is 13.0 Å². The van der Waals surface area contributed by atoms with E-state index in [1.807, 2.05) is 0 Å². The molecule has 63 heavy (non-hydrogen) atoms. The van der Waals surface area contributed by atoms with E-state index in [2.05, 4.69) is 38.2 Å². The van der Waals surface area contributed by atoms with Gasteiger partial charge in [0.1, 0.15) is 12.2 Å². The van der Waals surface area contributed by atoms with Gasteiger partial charge in [-0.05, 0) is 64.2 Å². The van der Waals surface area contributed by atoms with Gasteiger partial charge >= 0.3 is 13.8 Å². The van der Waals surface area contributed by atoms with Crippen LogP contribution < -0.4 is 0 Å². The van der Waals surface area contributed by atoms with Crippen molar-refractivity contribution in [3.8, 4) is 0 Å². The number of esters is 1. The zero-order chi connectivity index (χ0) is 46.0. The molecule has 3 atom stereocenters. The number of carbonyl (C=O) groups is 1. The molecule has 0 aliphatic heterocycles. The second-order valence-corrected chi connectivity index (χ2v) is 19.7. The highest BCUT2D eigenvalue weighted by Gasteiger charge is 2.26. The predicted molar refractivity (Wildman–Crippen MR) is 265 cm³/mol. The number of carbonyl (C=O) groups excluding carboxylic acids is 1. The van der Waals surface area contributed by atoms with E-state index in [1.54, 1.807) is 0 Å². The quantitative estimate of drug-likeness (QED) is 0.0236. The van der Waals surface area contributed by atoms with Crippen molar-refractivity contribution in [2.75, 3.05) is 33.0 Å². The lowest BCUT2D eigenvalue weighted by Gasteiger charge is -2.20. The van der Waals surface area contributed by atoms with E-state index < -0.39 is 33.2 Å². The van der Waals surface area contributed by atoms with Crippen molar-refractivity contribution >= 4 is 13.8 Å². The molecule has 0 aromatic carbocycles. The number of ether oxygens (including phenoxy) is 2. The molecule has 374 valence electrons. The number of unbranched alkanes of at least 4 members (excludes halogenated alkanes) is 34. The first-order valence-electron chi connectivity index (χ1n) is 26.8. The molecule has 0 fully saturated rings. The van der Waals surface area contributed by atoms with Crippen molar-refractivity contribution < 1.29 is 43.0 Å². The zero-order valence-electron chi connectivity index (χ0n) is 41.3. The number of aliphatic hydroxyl groups is 2. The van der Waals surface area contributed by atoms with Crippen molar-refractivity contribution in [3.05, 3.63) is 24.3 Å². The molecular formula is C53H103O9P. The lowest BCUT2D eigenvalue weighted by molar-refractivity contribution is -0.154. The fourth-order valence-electron chi connectivity index (χ4n) is 7.76. The minimum absolute atomic E-state index is 0.0505. The van der Waals surface area contributed by atoms with Crippen LogP contribution in [0.3, 0.4) is 0 Å². The molecule has 0 bridgehead atoms. The monoisotopic (exact) mass is 915 g/mol. The number of aliphatic hydroxyl groups excluding tert-OH is 2. The first kappa shape index (κ1) is 61.9. The van der Waals surface area contributed by atoms with Crippen LogP contribution in [0.1, 0.15) is 264 Å². The molecular weight excluding hydrogens is 812 g/mol. The van der Waals surface area contributed by atoms with E-state index in [9.17, 15) is 19.4 Å². The van der Waals surface area contributed by atoms with E-state index >= 15 is 0 Å². The minimum atomic E-state index is -4.52. The third-order valence-electron chi connectivity index (χ3n) is 11.9. The van der Waals surface area contributed by atoms with Gasteiger partial charge in [-0.15, -0.1) is 0 Å². The van der Waals surface area contributed by atoms with Crippen LogP contribution in [0.2, 0.25) is 0 Å². The first-order chi connectivity index (χ1) is 30.8. The van der Waals surface area contributed by atoms with Crippen LogP contribution in [0, 0.1) is 0 Å². The third-order valence-corrected chi connectivity index (χ3v) is 12.8. The standard InChI is InChI=1S/C53H103O9P/c1-3-5-7-9-11-13-15-17-19-21-23-24-25-26-27-29-31-33-35-37-39-41-43-45-53(56)62-52(50-61-63(57,58)60-48-51(55)47-54)49-59-46-44-42-40-38-36-34-32-30-28-22-20-18-16-14-12-10-8-6-4-2/h20-23,51-52,54-55H,3-19,24-50H2,1-2H3,(H,57,58)/b22-20-,23-21-. The van der Waals surface area contributed by atoms with E-state index in [4.69, 9.17) is 23.6 Å². The smallest absolute Gasteiger partial charge is 0.457 e. The number of hydrogen-bond acceptors (Lipinski definition) is 8. The summed E-state index contributed by atoms with van der Waals surface area (Å²) in [5.41, 5.74) is 0. The Labute approximate surface area is 389 Å². The second-order valence-electron chi connectivity index (χ2n) is 18.2. The molecule has 0 aliphatic carbocycles. The normalized spacial score (nSPS) is 13.9. The Morgan fingerprint density at radius 2 is 0.810 bits per heavy atom. The highest BCUT2D eigenvalue weighted by molar-refractivity contribution is 7.47. The number of allylic oxidation sites excluding steroid dienone is 4. The van der Waals surface area contributed by atoms with Gasteiger partial charge in [-0.25, -0.2) is 4.57 Å². The lowest BCUT2D eigenvalue weighted by Crippen LogP contribution is -2.29. The first-order valence-corrected chi connectivity index (χ1v) is 28.3. The summed E-state index contributed by atoms with van der Waals surface area (Å²) in [7, 11) is -4.52. The van der Waals surface area contributed by atoms with Crippen LogP contribution in [0.25, 0.3) is 0 Å². The van der Waals surface area contributed by atoms with E-state index in [-0.39, 0.29) is 25.6 Å². The van der Waals surface area contributed by atoms with Gasteiger partial charge in [-0.1, -0.05) is 218 Å². The van der Waals surface area contributed by atoms with Crippen molar-refractivity contribution in [1.29, 1.82) is 0 Å². The summed E-state index contributed by atoms with van der Waals surface area (Å²) in [6.45, 7) is 3.56. The summed E-state index contributed by atoms with van der Waals surface area (Å²) < 4.78 is 33.6. The van der Waals surface area contributed by atoms with Crippen LogP contribution in [-0.4, -0.2) is 66.3 Å². The molecule has 0 aromatic heterocycles. The Hall–Kier alpha value is -1.06. The van der Waals surface area contributed by atoms with Crippen LogP contribution >= 0.6 is 7.82 Å². The molecule has 0 aliphatic rings. The van der Waals surface area contributed by atoms with Crippen molar-refractivity contribution in [2.24, 2.45) is 0 Å². The van der Waals surface area contributed by atoms with Gasteiger partial charge < -0.3 is 24.6 Å². The maximum absolute atomic E-state index is 12.7. The maximum Gasteiger partial charge on any atom is 0.472 e. The summed E-state index contributed by atoms with van der Waals surface area (Å²) in [6.07, 6.45) is 55.8. The summed E-state index contributed by atoms with van der Waals surface area (Å²) in [6, 6.07) is 0. The largest absolute Gasteiger partial charge is 0.472 e. The van der Waals surface area contributed by atoms with Crippen molar-refractivity contribution in [3.63, 3.8) is 0 Å². The van der Waals surface area contributed by atoms with Crippen LogP contribution in [-0.2, 0) is 27.9 Å².